The molecule has 120 valence electrons. The Morgan fingerprint density at radius 3 is 1.32 bits per heavy atom. The zero-order valence-electron chi connectivity index (χ0n) is 14.8. The van der Waals surface area contributed by atoms with Crippen molar-refractivity contribution in [3.05, 3.63) is 71.8 Å². The third-order valence-electron chi connectivity index (χ3n) is 4.06. The molecule has 0 fully saturated rings. The molecule has 2 rings (SSSR count). The Morgan fingerprint density at radius 2 is 1.09 bits per heavy atom. The van der Waals surface area contributed by atoms with E-state index in [1.807, 2.05) is 0 Å². The summed E-state index contributed by atoms with van der Waals surface area (Å²) >= 11 is 0. The molecule has 0 saturated heterocycles. The highest BCUT2D eigenvalue weighted by Gasteiger charge is 2.16. The summed E-state index contributed by atoms with van der Waals surface area (Å²) in [6.45, 7) is 11.2. The second kappa shape index (κ2) is 10.2. The molecule has 2 aromatic carbocycles. The minimum atomic E-state index is 0.502. The molecule has 0 aliphatic carbocycles. The first-order valence-electron chi connectivity index (χ1n) is 8.38. The van der Waals surface area contributed by atoms with Gasteiger partial charge in [-0.25, -0.2) is 0 Å². The first-order valence-corrected chi connectivity index (χ1v) is 8.38. The molecule has 0 spiro atoms. The van der Waals surface area contributed by atoms with Crippen LogP contribution in [0.15, 0.2) is 60.7 Å². The van der Waals surface area contributed by atoms with Crippen LogP contribution in [0.5, 0.6) is 0 Å². The molecule has 1 nitrogen and oxygen atoms in total. The van der Waals surface area contributed by atoms with Crippen LogP contribution >= 0.6 is 0 Å². The summed E-state index contributed by atoms with van der Waals surface area (Å²) in [6.07, 6.45) is 0. The molecule has 0 unspecified atom stereocenters. The van der Waals surface area contributed by atoms with Crippen LogP contribution in [0, 0.1) is 5.92 Å². The average molecular weight is 297 g/mol. The predicted octanol–water partition coefficient (Wildman–Crippen LogP) is 5.43. The molecule has 0 aliphatic heterocycles. The van der Waals surface area contributed by atoms with Crippen molar-refractivity contribution in [3.63, 3.8) is 0 Å². The van der Waals surface area contributed by atoms with Crippen molar-refractivity contribution in [2.45, 2.75) is 33.6 Å². The zero-order valence-corrected chi connectivity index (χ0v) is 14.8. The summed E-state index contributed by atoms with van der Waals surface area (Å²) in [6, 6.07) is 21.5. The largest absolute Gasteiger partial charge is 0.307 e. The van der Waals surface area contributed by atoms with Gasteiger partial charge in [-0.05, 0) is 37.2 Å². The van der Waals surface area contributed by atoms with E-state index in [-0.39, 0.29) is 0 Å². The van der Waals surface area contributed by atoms with Gasteiger partial charge >= 0.3 is 0 Å². The third-order valence-corrected chi connectivity index (χ3v) is 4.06. The van der Waals surface area contributed by atoms with Gasteiger partial charge in [0.25, 0.3) is 0 Å². The van der Waals surface area contributed by atoms with Crippen molar-refractivity contribution >= 4 is 0 Å². The van der Waals surface area contributed by atoms with Crippen molar-refractivity contribution in [2.24, 2.45) is 5.92 Å². The maximum Gasteiger partial charge on any atom is 0.0112 e. The number of hydrogen-bond donors (Lipinski definition) is 0. The van der Waals surface area contributed by atoms with Crippen LogP contribution in [0.4, 0.5) is 0 Å². The number of nitrogens with zero attached hydrogens (tertiary/aromatic N) is 1. The van der Waals surface area contributed by atoms with E-state index in [1.165, 1.54) is 11.1 Å². The van der Waals surface area contributed by atoms with Gasteiger partial charge in [0.05, 0.1) is 0 Å². The second-order valence-corrected chi connectivity index (χ2v) is 6.03. The first-order chi connectivity index (χ1) is 10.6. The molecular weight excluding hydrogens is 266 g/mol. The smallest absolute Gasteiger partial charge is 0.0112 e. The van der Waals surface area contributed by atoms with Gasteiger partial charge in [0.2, 0.25) is 0 Å². The quantitative estimate of drug-likeness (QED) is 0.711. The van der Waals surface area contributed by atoms with Crippen molar-refractivity contribution < 1.29 is 0 Å². The maximum atomic E-state index is 2.28. The lowest BCUT2D eigenvalue weighted by atomic mass is 9.83. The van der Waals surface area contributed by atoms with Gasteiger partial charge < -0.3 is 4.90 Å². The Kier molecular flexibility index (Phi) is 8.54. The summed E-state index contributed by atoms with van der Waals surface area (Å²) < 4.78 is 0. The van der Waals surface area contributed by atoms with Crippen LogP contribution < -0.4 is 0 Å². The minimum absolute atomic E-state index is 0.502. The Labute approximate surface area is 137 Å². The van der Waals surface area contributed by atoms with Gasteiger partial charge in [-0.15, -0.1) is 0 Å². The molecule has 2 aromatic rings. The molecule has 0 atom stereocenters. The minimum Gasteiger partial charge on any atom is -0.307 e. The zero-order chi connectivity index (χ0) is 16.4. The van der Waals surface area contributed by atoms with Crippen molar-refractivity contribution in [1.29, 1.82) is 0 Å². The standard InChI is InChI=1S/C16H18.C5H13N/c1-13(2)16(14-9-5-3-6-10-14)15-11-7-4-8-12-15;1-4-6(3)5-2/h3-13,16H,1-2H3;4-5H2,1-3H3. The molecular formula is C21H31N. The van der Waals surface area contributed by atoms with Gasteiger partial charge in [0.1, 0.15) is 0 Å². The van der Waals surface area contributed by atoms with Crippen LogP contribution in [0.2, 0.25) is 0 Å². The molecule has 22 heavy (non-hydrogen) atoms. The fourth-order valence-corrected chi connectivity index (χ4v) is 2.51. The topological polar surface area (TPSA) is 3.24 Å². The molecule has 0 aromatic heterocycles. The molecule has 0 amide bonds. The molecule has 0 radical (unpaired) electrons. The lowest BCUT2D eigenvalue weighted by Gasteiger charge is -2.21. The molecule has 0 saturated carbocycles. The van der Waals surface area contributed by atoms with Gasteiger partial charge in [0.15, 0.2) is 0 Å². The summed E-state index contributed by atoms with van der Waals surface area (Å²) in [7, 11) is 2.11. The number of benzene rings is 2. The van der Waals surface area contributed by atoms with E-state index in [0.717, 1.165) is 13.1 Å². The van der Waals surface area contributed by atoms with E-state index in [4.69, 9.17) is 0 Å². The van der Waals surface area contributed by atoms with E-state index >= 15 is 0 Å². The third kappa shape index (κ3) is 6.03. The maximum absolute atomic E-state index is 2.28. The normalized spacial score (nSPS) is 10.7. The summed E-state index contributed by atoms with van der Waals surface area (Å²) in [5.41, 5.74) is 2.81. The molecule has 0 N–H and O–H groups in total. The fourth-order valence-electron chi connectivity index (χ4n) is 2.51. The van der Waals surface area contributed by atoms with Gasteiger partial charge in [0, 0.05) is 5.92 Å². The Balaban J connectivity index is 0.000000346. The summed E-state index contributed by atoms with van der Waals surface area (Å²) in [4.78, 5) is 2.25. The lowest BCUT2D eigenvalue weighted by molar-refractivity contribution is 0.373. The number of rotatable bonds is 5. The number of hydrogen-bond acceptors (Lipinski definition) is 1. The van der Waals surface area contributed by atoms with Gasteiger partial charge in [-0.3, -0.25) is 0 Å². The molecule has 0 bridgehead atoms. The highest BCUT2D eigenvalue weighted by atomic mass is 15.1. The lowest BCUT2D eigenvalue weighted by Crippen LogP contribution is -2.15. The summed E-state index contributed by atoms with van der Waals surface area (Å²) in [5, 5.41) is 0. The molecule has 0 aliphatic rings. The molecule has 0 heterocycles. The van der Waals surface area contributed by atoms with E-state index in [2.05, 4.69) is 100 Å². The van der Waals surface area contributed by atoms with Gasteiger partial charge in [-0.1, -0.05) is 88.4 Å². The van der Waals surface area contributed by atoms with Crippen molar-refractivity contribution in [1.82, 2.24) is 4.90 Å². The highest BCUT2D eigenvalue weighted by Crippen LogP contribution is 2.31. The van der Waals surface area contributed by atoms with Crippen LogP contribution in [0.1, 0.15) is 44.7 Å². The summed E-state index contributed by atoms with van der Waals surface area (Å²) in [5.74, 6) is 1.12. The van der Waals surface area contributed by atoms with Crippen molar-refractivity contribution in [3.8, 4) is 0 Å². The Morgan fingerprint density at radius 1 is 0.727 bits per heavy atom. The van der Waals surface area contributed by atoms with E-state index in [0.29, 0.717) is 11.8 Å². The predicted molar refractivity (Wildman–Crippen MR) is 98.4 cm³/mol. The average Bonchev–Trinajstić information content (AvgIpc) is 2.56. The first kappa shape index (κ1) is 18.4. The monoisotopic (exact) mass is 297 g/mol. The fraction of sp³-hybridized carbons (Fsp3) is 0.429. The van der Waals surface area contributed by atoms with Crippen LogP contribution in [-0.2, 0) is 0 Å². The van der Waals surface area contributed by atoms with Crippen LogP contribution in [0.3, 0.4) is 0 Å². The van der Waals surface area contributed by atoms with Crippen LogP contribution in [-0.4, -0.2) is 25.0 Å². The van der Waals surface area contributed by atoms with E-state index < -0.39 is 0 Å². The Bertz CT molecular complexity index is 446. The van der Waals surface area contributed by atoms with Crippen LogP contribution in [0.25, 0.3) is 0 Å². The highest BCUT2D eigenvalue weighted by molar-refractivity contribution is 5.32. The SMILES string of the molecule is CC(C)C(c1ccccc1)c1ccccc1.CCN(C)CC. The molecule has 1 heteroatoms. The Hall–Kier alpha value is -1.60. The van der Waals surface area contributed by atoms with E-state index in [9.17, 15) is 0 Å². The second-order valence-electron chi connectivity index (χ2n) is 6.03. The van der Waals surface area contributed by atoms with Gasteiger partial charge in [-0.2, -0.15) is 0 Å². The van der Waals surface area contributed by atoms with E-state index in [1.54, 1.807) is 0 Å². The van der Waals surface area contributed by atoms with Crippen molar-refractivity contribution in [2.75, 3.05) is 20.1 Å².